The molecule has 2 aromatic heterocycles. The monoisotopic (exact) mass is 438 g/mol. The first-order valence-corrected chi connectivity index (χ1v) is 11.9. The van der Waals surface area contributed by atoms with Gasteiger partial charge in [-0.15, -0.1) is 11.8 Å². The fourth-order valence-corrected chi connectivity index (χ4v) is 5.92. The third-order valence-electron chi connectivity index (χ3n) is 4.84. The van der Waals surface area contributed by atoms with E-state index in [-0.39, 0.29) is 30.9 Å². The highest BCUT2D eigenvalue weighted by atomic mass is 32.2. The molecule has 0 radical (unpaired) electrons. The van der Waals surface area contributed by atoms with Crippen molar-refractivity contribution in [3.8, 4) is 0 Å². The molecule has 0 unspecified atom stereocenters. The lowest BCUT2D eigenvalue weighted by molar-refractivity contribution is -0.156. The van der Waals surface area contributed by atoms with Crippen molar-refractivity contribution in [1.29, 1.82) is 0 Å². The maximum absolute atomic E-state index is 13.2. The van der Waals surface area contributed by atoms with Crippen molar-refractivity contribution in [1.82, 2.24) is 19.5 Å². The van der Waals surface area contributed by atoms with E-state index in [9.17, 15) is 9.59 Å². The highest BCUT2D eigenvalue weighted by Crippen LogP contribution is 2.44. The molecule has 1 aliphatic rings. The van der Waals surface area contributed by atoms with Gasteiger partial charge in [-0.25, -0.2) is 19.7 Å². The van der Waals surface area contributed by atoms with Crippen molar-refractivity contribution < 1.29 is 19.1 Å². The average Bonchev–Trinajstić information content (AvgIpc) is 3.31. The van der Waals surface area contributed by atoms with Crippen molar-refractivity contribution in [2.75, 3.05) is 30.5 Å². The Bertz CT molecular complexity index is 875. The maximum Gasteiger partial charge on any atom is 0.333 e. The van der Waals surface area contributed by atoms with E-state index in [1.165, 1.54) is 6.33 Å². The average molecular weight is 439 g/mol. The summed E-state index contributed by atoms with van der Waals surface area (Å²) in [6.07, 6.45) is 4.29. The minimum Gasteiger partial charge on any atom is -0.466 e. The second-order valence-corrected chi connectivity index (χ2v) is 8.79. The molecule has 2 aromatic rings. The lowest BCUT2D eigenvalue weighted by atomic mass is 9.84. The number of esters is 2. The second-order valence-electron chi connectivity index (χ2n) is 6.68. The fourth-order valence-electron chi connectivity index (χ4n) is 3.52. The zero-order chi connectivity index (χ0) is 20.9. The van der Waals surface area contributed by atoms with Gasteiger partial charge in [-0.05, 0) is 31.8 Å². The lowest BCUT2D eigenvalue weighted by Crippen LogP contribution is -2.49. The van der Waals surface area contributed by atoms with Gasteiger partial charge in [0, 0.05) is 11.7 Å². The van der Waals surface area contributed by atoms with Crippen LogP contribution >= 0.6 is 23.5 Å². The Morgan fingerprint density at radius 2 is 2.03 bits per heavy atom. The Balaban J connectivity index is 2.08. The van der Waals surface area contributed by atoms with Crippen molar-refractivity contribution in [2.45, 2.75) is 44.2 Å². The quantitative estimate of drug-likeness (QED) is 0.332. The zero-order valence-corrected chi connectivity index (χ0v) is 18.6. The lowest BCUT2D eigenvalue weighted by Gasteiger charge is -2.33. The number of hydrogen-bond acceptors (Lipinski definition) is 9. The molecule has 0 N–H and O–H groups in total. The molecule has 3 heterocycles. The number of carbonyl (C=O) groups excluding carboxylic acids is 2. The molecule has 0 saturated carbocycles. The number of hydrogen-bond donors (Lipinski definition) is 0. The third kappa shape index (κ3) is 4.23. The molecule has 1 saturated heterocycles. The Morgan fingerprint density at radius 3 is 2.76 bits per heavy atom. The van der Waals surface area contributed by atoms with Gasteiger partial charge in [0.05, 0.1) is 26.0 Å². The Morgan fingerprint density at radius 1 is 1.24 bits per heavy atom. The third-order valence-corrected chi connectivity index (χ3v) is 7.30. The minimum absolute atomic E-state index is 0.141. The van der Waals surface area contributed by atoms with Crippen molar-refractivity contribution in [3.05, 3.63) is 12.7 Å². The number of fused-ring (bicyclic) bond motifs is 1. The van der Waals surface area contributed by atoms with Gasteiger partial charge in [-0.1, -0.05) is 6.92 Å². The molecule has 0 amide bonds. The molecule has 1 aliphatic heterocycles. The van der Waals surface area contributed by atoms with E-state index < -0.39 is 5.54 Å². The molecule has 3 rings (SSSR count). The van der Waals surface area contributed by atoms with Gasteiger partial charge >= 0.3 is 11.9 Å². The van der Waals surface area contributed by atoms with Crippen LogP contribution in [0.5, 0.6) is 0 Å². The Hall–Kier alpha value is -1.81. The second kappa shape index (κ2) is 9.80. The van der Waals surface area contributed by atoms with E-state index >= 15 is 0 Å². The number of rotatable bonds is 9. The number of carbonyl (C=O) groups is 2. The van der Waals surface area contributed by atoms with Gasteiger partial charge in [-0.2, -0.15) is 11.8 Å². The van der Waals surface area contributed by atoms with Gasteiger partial charge in [0.1, 0.15) is 16.9 Å². The summed E-state index contributed by atoms with van der Waals surface area (Å²) in [5.41, 5.74) is 0.202. The van der Waals surface area contributed by atoms with E-state index in [1.807, 2.05) is 0 Å². The van der Waals surface area contributed by atoms with Crippen LogP contribution in [0, 0.1) is 5.92 Å². The summed E-state index contributed by atoms with van der Waals surface area (Å²) in [5.74, 6) is 1.11. The van der Waals surface area contributed by atoms with Crippen LogP contribution < -0.4 is 0 Å². The summed E-state index contributed by atoms with van der Waals surface area (Å²) in [6, 6.07) is 0. The molecule has 0 bridgehead atoms. The summed E-state index contributed by atoms with van der Waals surface area (Å²) in [7, 11) is 0. The standard InChI is InChI=1S/C19H26N4O4S2/c1-4-7-29-17-15-16(20-11-21-17)23(12-22-15)19(18(25)27-6-3)10-28-9-13(19)8-14(24)26-5-2/h11-13H,4-10H2,1-3H3/t13-,19+/m1/s1. The number of aromatic nitrogens is 4. The van der Waals surface area contributed by atoms with E-state index in [2.05, 4.69) is 21.9 Å². The number of thioether (sulfide) groups is 2. The number of imidazole rings is 1. The molecule has 0 aliphatic carbocycles. The van der Waals surface area contributed by atoms with Crippen LogP contribution in [-0.2, 0) is 24.6 Å². The van der Waals surface area contributed by atoms with E-state index in [0.717, 1.165) is 17.2 Å². The topological polar surface area (TPSA) is 96.2 Å². The summed E-state index contributed by atoms with van der Waals surface area (Å²) in [4.78, 5) is 38.8. The molecule has 158 valence electrons. The van der Waals surface area contributed by atoms with Crippen LogP contribution in [0.2, 0.25) is 0 Å². The van der Waals surface area contributed by atoms with E-state index in [0.29, 0.717) is 29.3 Å². The first-order valence-electron chi connectivity index (χ1n) is 9.80. The Labute approximate surface area is 178 Å². The first kappa shape index (κ1) is 21.9. The molecule has 0 spiro atoms. The molecule has 29 heavy (non-hydrogen) atoms. The molecule has 10 heteroatoms. The zero-order valence-electron chi connectivity index (χ0n) is 16.9. The van der Waals surface area contributed by atoms with Crippen molar-refractivity contribution in [2.24, 2.45) is 5.92 Å². The highest BCUT2D eigenvalue weighted by molar-refractivity contribution is 7.99. The number of nitrogens with zero attached hydrogens (tertiary/aromatic N) is 4. The van der Waals surface area contributed by atoms with Gasteiger partial charge < -0.3 is 9.47 Å². The van der Waals surface area contributed by atoms with E-state index in [1.54, 1.807) is 48.3 Å². The van der Waals surface area contributed by atoms with Crippen LogP contribution in [-0.4, -0.2) is 61.9 Å². The predicted molar refractivity (Wildman–Crippen MR) is 113 cm³/mol. The molecular weight excluding hydrogens is 412 g/mol. The van der Waals surface area contributed by atoms with E-state index in [4.69, 9.17) is 9.47 Å². The van der Waals surface area contributed by atoms with Gasteiger partial charge in [0.25, 0.3) is 0 Å². The normalized spacial score (nSPS) is 21.4. The molecule has 0 aromatic carbocycles. The molecule has 8 nitrogen and oxygen atoms in total. The van der Waals surface area contributed by atoms with Crippen LogP contribution in [0.25, 0.3) is 11.2 Å². The van der Waals surface area contributed by atoms with Crippen LogP contribution in [0.15, 0.2) is 17.7 Å². The summed E-state index contributed by atoms with van der Waals surface area (Å²) < 4.78 is 12.4. The first-order chi connectivity index (χ1) is 14.1. The molecule has 1 fully saturated rings. The molecular formula is C19H26N4O4S2. The van der Waals surface area contributed by atoms with Gasteiger partial charge in [0.2, 0.25) is 0 Å². The predicted octanol–water partition coefficient (Wildman–Crippen LogP) is 2.90. The summed E-state index contributed by atoms with van der Waals surface area (Å²) in [6.45, 7) is 6.23. The SMILES string of the molecule is CCCSc1ncnc2c1ncn2[C@@]1(C(=O)OCC)CSC[C@H]1CC(=O)OCC. The van der Waals surface area contributed by atoms with Crippen molar-refractivity contribution in [3.63, 3.8) is 0 Å². The van der Waals surface area contributed by atoms with Crippen molar-refractivity contribution >= 4 is 46.6 Å². The Kier molecular flexibility index (Phi) is 7.39. The minimum atomic E-state index is -1.05. The number of ether oxygens (including phenoxy) is 2. The molecule has 2 atom stereocenters. The fraction of sp³-hybridized carbons (Fsp3) is 0.632. The van der Waals surface area contributed by atoms with Gasteiger partial charge in [0.15, 0.2) is 11.2 Å². The van der Waals surface area contributed by atoms with Gasteiger partial charge in [-0.3, -0.25) is 9.36 Å². The van der Waals surface area contributed by atoms with Crippen LogP contribution in [0.1, 0.15) is 33.6 Å². The summed E-state index contributed by atoms with van der Waals surface area (Å²) in [5, 5.41) is 0.794. The smallest absolute Gasteiger partial charge is 0.333 e. The van der Waals surface area contributed by atoms with Crippen LogP contribution in [0.3, 0.4) is 0 Å². The highest BCUT2D eigenvalue weighted by Gasteiger charge is 2.54. The largest absolute Gasteiger partial charge is 0.466 e. The maximum atomic E-state index is 13.2. The van der Waals surface area contributed by atoms with Crippen LogP contribution in [0.4, 0.5) is 0 Å². The summed E-state index contributed by atoms with van der Waals surface area (Å²) >= 11 is 3.24.